The van der Waals surface area contributed by atoms with Crippen LogP contribution in [-0.2, 0) is 4.79 Å². The number of pyridine rings is 1. The molecule has 110 valence electrons. The van der Waals surface area contributed by atoms with E-state index < -0.39 is 0 Å². The van der Waals surface area contributed by atoms with Crippen molar-refractivity contribution < 1.29 is 4.79 Å². The summed E-state index contributed by atoms with van der Waals surface area (Å²) in [7, 11) is 0. The summed E-state index contributed by atoms with van der Waals surface area (Å²) in [4.78, 5) is 18.0. The molecule has 0 aromatic carbocycles. The molecule has 5 heteroatoms. The van der Waals surface area contributed by atoms with Crippen molar-refractivity contribution in [3.63, 3.8) is 0 Å². The van der Waals surface area contributed by atoms with Gasteiger partial charge in [0.15, 0.2) is 0 Å². The Morgan fingerprint density at radius 3 is 3.10 bits per heavy atom. The number of rotatable bonds is 5. The minimum absolute atomic E-state index is 0.0408. The molecule has 2 atom stereocenters. The van der Waals surface area contributed by atoms with Gasteiger partial charge in [0, 0.05) is 43.9 Å². The summed E-state index contributed by atoms with van der Waals surface area (Å²) >= 11 is 0. The first-order chi connectivity index (χ1) is 9.61. The zero-order valence-electron chi connectivity index (χ0n) is 12.5. The molecule has 2 unspecified atom stereocenters. The van der Waals surface area contributed by atoms with Crippen LogP contribution in [0.3, 0.4) is 0 Å². The first-order valence-electron chi connectivity index (χ1n) is 7.32. The Kier molecular flexibility index (Phi) is 4.95. The molecule has 2 rings (SSSR count). The monoisotopic (exact) mass is 276 g/mol. The van der Waals surface area contributed by atoms with Crippen molar-refractivity contribution in [1.29, 1.82) is 0 Å². The Morgan fingerprint density at radius 2 is 2.40 bits per heavy atom. The van der Waals surface area contributed by atoms with Crippen LogP contribution in [0.25, 0.3) is 0 Å². The zero-order chi connectivity index (χ0) is 14.5. The Hall–Kier alpha value is -1.62. The van der Waals surface area contributed by atoms with E-state index >= 15 is 0 Å². The third-order valence-electron chi connectivity index (χ3n) is 3.69. The third kappa shape index (κ3) is 3.48. The van der Waals surface area contributed by atoms with Crippen LogP contribution in [0.4, 0.5) is 5.82 Å². The van der Waals surface area contributed by atoms with E-state index in [2.05, 4.69) is 40.4 Å². The van der Waals surface area contributed by atoms with Gasteiger partial charge in [0.25, 0.3) is 0 Å². The van der Waals surface area contributed by atoms with E-state index in [1.165, 1.54) is 5.56 Å². The fraction of sp³-hybridized carbons (Fsp3) is 0.600. The molecular weight excluding hydrogens is 252 g/mol. The summed E-state index contributed by atoms with van der Waals surface area (Å²) in [6.07, 6.45) is 2.81. The first-order valence-corrected chi connectivity index (χ1v) is 7.32. The number of nitrogens with zero attached hydrogens (tertiary/aromatic N) is 2. The lowest BCUT2D eigenvalue weighted by Gasteiger charge is -2.24. The van der Waals surface area contributed by atoms with E-state index in [-0.39, 0.29) is 18.0 Å². The minimum atomic E-state index is 0.0408. The molecule has 0 radical (unpaired) electrons. The zero-order valence-corrected chi connectivity index (χ0v) is 12.5. The van der Waals surface area contributed by atoms with Gasteiger partial charge in [-0.2, -0.15) is 0 Å². The van der Waals surface area contributed by atoms with E-state index in [0.717, 1.165) is 31.9 Å². The second-order valence-corrected chi connectivity index (χ2v) is 5.33. The molecule has 0 saturated carbocycles. The number of amides is 1. The number of anilines is 1. The van der Waals surface area contributed by atoms with Gasteiger partial charge < -0.3 is 15.5 Å². The van der Waals surface area contributed by atoms with Gasteiger partial charge in [-0.15, -0.1) is 0 Å². The second kappa shape index (κ2) is 6.70. The topological polar surface area (TPSA) is 57.3 Å². The van der Waals surface area contributed by atoms with Gasteiger partial charge in [-0.25, -0.2) is 4.98 Å². The summed E-state index contributed by atoms with van der Waals surface area (Å²) in [5.74, 6) is 1.08. The summed E-state index contributed by atoms with van der Waals surface area (Å²) in [5.41, 5.74) is 1.22. The van der Waals surface area contributed by atoms with Crippen LogP contribution in [0, 0.1) is 0 Å². The van der Waals surface area contributed by atoms with E-state index in [1.54, 1.807) is 6.92 Å². The summed E-state index contributed by atoms with van der Waals surface area (Å²) < 4.78 is 0. The first kappa shape index (κ1) is 14.8. The summed E-state index contributed by atoms with van der Waals surface area (Å²) in [6, 6.07) is 4.62. The highest BCUT2D eigenvalue weighted by Gasteiger charge is 2.26. The van der Waals surface area contributed by atoms with Gasteiger partial charge in [-0.05, 0) is 26.0 Å². The largest absolute Gasteiger partial charge is 0.354 e. The molecule has 0 aliphatic carbocycles. The average Bonchev–Trinajstić information content (AvgIpc) is 2.86. The van der Waals surface area contributed by atoms with Crippen molar-refractivity contribution in [2.24, 2.45) is 0 Å². The number of carbonyl (C=O) groups excluding carboxylic acids is 1. The van der Waals surface area contributed by atoms with Crippen LogP contribution in [0.15, 0.2) is 18.3 Å². The molecule has 1 amide bonds. The Balaban J connectivity index is 2.11. The van der Waals surface area contributed by atoms with Crippen molar-refractivity contribution in [1.82, 2.24) is 15.6 Å². The van der Waals surface area contributed by atoms with Crippen LogP contribution in [0.5, 0.6) is 0 Å². The van der Waals surface area contributed by atoms with Crippen LogP contribution in [-0.4, -0.2) is 36.6 Å². The second-order valence-electron chi connectivity index (χ2n) is 5.33. The molecule has 5 nitrogen and oxygen atoms in total. The van der Waals surface area contributed by atoms with Gasteiger partial charge in [0.1, 0.15) is 5.82 Å². The standard InChI is InChI=1S/C15H24N4O/c1-4-16-11(2)14-6-5-8-17-15(14)19-9-7-13(10-19)18-12(3)20/h5-6,8,11,13,16H,4,7,9-10H2,1-3H3,(H,18,20). The average molecular weight is 276 g/mol. The molecule has 1 saturated heterocycles. The summed E-state index contributed by atoms with van der Waals surface area (Å²) in [6.45, 7) is 8.54. The maximum Gasteiger partial charge on any atom is 0.217 e. The fourth-order valence-electron chi connectivity index (χ4n) is 2.79. The quantitative estimate of drug-likeness (QED) is 0.855. The lowest BCUT2D eigenvalue weighted by molar-refractivity contribution is -0.119. The van der Waals surface area contributed by atoms with Crippen molar-refractivity contribution in [3.05, 3.63) is 23.9 Å². The number of carbonyl (C=O) groups is 1. The van der Waals surface area contributed by atoms with Crippen LogP contribution in [0.2, 0.25) is 0 Å². The predicted octanol–water partition coefficient (Wildman–Crippen LogP) is 1.47. The highest BCUT2D eigenvalue weighted by Crippen LogP contribution is 2.26. The molecule has 2 heterocycles. The van der Waals surface area contributed by atoms with Crippen molar-refractivity contribution in [2.75, 3.05) is 24.5 Å². The molecule has 1 aliphatic heterocycles. The van der Waals surface area contributed by atoms with Crippen molar-refractivity contribution in [2.45, 2.75) is 39.3 Å². The van der Waals surface area contributed by atoms with Gasteiger partial charge >= 0.3 is 0 Å². The maximum atomic E-state index is 11.1. The Labute approximate surface area is 120 Å². The lowest BCUT2D eigenvalue weighted by Crippen LogP contribution is -2.36. The molecular formula is C15H24N4O. The van der Waals surface area contributed by atoms with Gasteiger partial charge in [-0.3, -0.25) is 4.79 Å². The Morgan fingerprint density at radius 1 is 1.60 bits per heavy atom. The van der Waals surface area contributed by atoms with Gasteiger partial charge in [-0.1, -0.05) is 13.0 Å². The number of hydrogen-bond acceptors (Lipinski definition) is 4. The molecule has 20 heavy (non-hydrogen) atoms. The van der Waals surface area contributed by atoms with E-state index in [0.29, 0.717) is 0 Å². The van der Waals surface area contributed by atoms with E-state index in [9.17, 15) is 4.79 Å². The molecule has 1 fully saturated rings. The van der Waals surface area contributed by atoms with Crippen LogP contribution in [0.1, 0.15) is 38.8 Å². The molecule has 1 aliphatic rings. The van der Waals surface area contributed by atoms with Gasteiger partial charge in [0.2, 0.25) is 5.91 Å². The SMILES string of the molecule is CCNC(C)c1cccnc1N1CCC(NC(C)=O)C1. The highest BCUT2D eigenvalue weighted by molar-refractivity contribution is 5.73. The lowest BCUT2D eigenvalue weighted by atomic mass is 10.1. The third-order valence-corrected chi connectivity index (χ3v) is 3.69. The smallest absolute Gasteiger partial charge is 0.217 e. The molecule has 0 bridgehead atoms. The highest BCUT2D eigenvalue weighted by atomic mass is 16.1. The minimum Gasteiger partial charge on any atom is -0.354 e. The van der Waals surface area contributed by atoms with E-state index in [4.69, 9.17) is 0 Å². The molecule has 1 aromatic heterocycles. The molecule has 1 aromatic rings. The van der Waals surface area contributed by atoms with Crippen molar-refractivity contribution >= 4 is 11.7 Å². The number of hydrogen-bond donors (Lipinski definition) is 2. The number of aromatic nitrogens is 1. The maximum absolute atomic E-state index is 11.1. The molecule has 0 spiro atoms. The van der Waals surface area contributed by atoms with Crippen molar-refractivity contribution in [3.8, 4) is 0 Å². The summed E-state index contributed by atoms with van der Waals surface area (Å²) in [5, 5.41) is 6.42. The fourth-order valence-corrected chi connectivity index (χ4v) is 2.79. The normalized spacial score (nSPS) is 19.9. The predicted molar refractivity (Wildman–Crippen MR) is 80.8 cm³/mol. The van der Waals surface area contributed by atoms with E-state index in [1.807, 2.05) is 12.3 Å². The molecule has 2 N–H and O–H groups in total. The Bertz CT molecular complexity index is 463. The number of nitrogens with one attached hydrogen (secondary N) is 2. The van der Waals surface area contributed by atoms with Gasteiger partial charge in [0.05, 0.1) is 0 Å². The van der Waals surface area contributed by atoms with Crippen LogP contribution >= 0.6 is 0 Å². The van der Waals surface area contributed by atoms with Crippen LogP contribution < -0.4 is 15.5 Å².